The van der Waals surface area contributed by atoms with Crippen LogP contribution in [0.5, 0.6) is 11.6 Å². The van der Waals surface area contributed by atoms with Crippen molar-refractivity contribution in [2.24, 2.45) is 5.92 Å². The summed E-state index contributed by atoms with van der Waals surface area (Å²) in [4.78, 5) is 32.6. The lowest BCUT2D eigenvalue weighted by atomic mass is 10.1. The molecule has 2 fully saturated rings. The number of benzene rings is 1. The molecular formula is C23H24FN3O5S. The number of hydrogen-bond acceptors (Lipinski definition) is 6. The summed E-state index contributed by atoms with van der Waals surface area (Å²) in [7, 11) is -1.22. The molecule has 5 rings (SSSR count). The van der Waals surface area contributed by atoms with E-state index in [4.69, 9.17) is 9.47 Å². The summed E-state index contributed by atoms with van der Waals surface area (Å²) in [5.74, 6) is 0.404. The van der Waals surface area contributed by atoms with Gasteiger partial charge in [0.1, 0.15) is 11.6 Å². The van der Waals surface area contributed by atoms with Crippen LogP contribution in [0.3, 0.4) is 0 Å². The van der Waals surface area contributed by atoms with Crippen molar-refractivity contribution in [1.29, 1.82) is 0 Å². The number of pyridine rings is 1. The molecule has 2 aromatic rings. The van der Waals surface area contributed by atoms with Crippen LogP contribution in [0.2, 0.25) is 0 Å². The van der Waals surface area contributed by atoms with E-state index in [1.54, 1.807) is 12.1 Å². The van der Waals surface area contributed by atoms with Crippen LogP contribution in [0, 0.1) is 11.7 Å². The highest BCUT2D eigenvalue weighted by atomic mass is 32.2. The van der Waals surface area contributed by atoms with E-state index in [9.17, 15) is 18.2 Å². The number of carbonyl (C=O) groups excluding carboxylic acids is 2. The molecule has 1 aromatic carbocycles. The maximum atomic E-state index is 14.8. The van der Waals surface area contributed by atoms with Gasteiger partial charge in [-0.25, -0.2) is 9.37 Å². The number of rotatable bonds is 8. The third kappa shape index (κ3) is 4.57. The first-order valence-electron chi connectivity index (χ1n) is 10.9. The fourth-order valence-electron chi connectivity index (χ4n) is 4.08. The molecule has 174 valence electrons. The fraction of sp³-hybridized carbons (Fsp3) is 0.435. The zero-order valence-electron chi connectivity index (χ0n) is 18.2. The number of fused-ring (bicyclic) bond motifs is 1. The molecule has 2 amide bonds. The number of anilines is 1. The lowest BCUT2D eigenvalue weighted by Crippen LogP contribution is -2.32. The van der Waals surface area contributed by atoms with Crippen LogP contribution in [0.1, 0.15) is 35.2 Å². The van der Waals surface area contributed by atoms with Crippen LogP contribution in [0.4, 0.5) is 10.1 Å². The molecule has 2 aliphatic heterocycles. The quantitative estimate of drug-likeness (QED) is 0.585. The van der Waals surface area contributed by atoms with Gasteiger partial charge in [0.15, 0.2) is 6.10 Å². The van der Waals surface area contributed by atoms with Crippen molar-refractivity contribution < 1.29 is 27.7 Å². The smallest absolute Gasteiger partial charge is 0.268 e. The molecular weight excluding hydrogens is 449 g/mol. The number of amides is 2. The molecule has 3 aliphatic rings. The molecule has 3 heterocycles. The lowest BCUT2D eigenvalue weighted by Gasteiger charge is -2.18. The summed E-state index contributed by atoms with van der Waals surface area (Å²) >= 11 is 0. The van der Waals surface area contributed by atoms with Crippen molar-refractivity contribution >= 4 is 28.3 Å². The summed E-state index contributed by atoms with van der Waals surface area (Å²) < 4.78 is 37.7. The highest BCUT2D eigenvalue weighted by Crippen LogP contribution is 2.33. The van der Waals surface area contributed by atoms with Crippen LogP contribution in [0.15, 0.2) is 30.5 Å². The Balaban J connectivity index is 1.26. The summed E-state index contributed by atoms with van der Waals surface area (Å²) in [6.45, 7) is 1.08. The van der Waals surface area contributed by atoms with E-state index >= 15 is 0 Å². The summed E-state index contributed by atoms with van der Waals surface area (Å²) in [5, 5.41) is 0. The van der Waals surface area contributed by atoms with Crippen molar-refractivity contribution in [2.75, 3.05) is 30.2 Å². The van der Waals surface area contributed by atoms with Gasteiger partial charge in [-0.3, -0.25) is 13.8 Å². The van der Waals surface area contributed by atoms with Crippen molar-refractivity contribution in [2.45, 2.75) is 31.9 Å². The number of halogens is 1. The Labute approximate surface area is 193 Å². The molecule has 10 heteroatoms. The van der Waals surface area contributed by atoms with Crippen LogP contribution in [-0.2, 0) is 22.1 Å². The van der Waals surface area contributed by atoms with Gasteiger partial charge in [0, 0.05) is 52.9 Å². The average molecular weight is 474 g/mol. The first-order valence-corrected chi connectivity index (χ1v) is 12.6. The summed E-state index contributed by atoms with van der Waals surface area (Å²) in [6.07, 6.45) is 5.11. The Morgan fingerprint density at radius 3 is 2.73 bits per heavy atom. The first-order chi connectivity index (χ1) is 15.9. The van der Waals surface area contributed by atoms with Gasteiger partial charge in [0.2, 0.25) is 5.88 Å². The molecule has 1 aliphatic carbocycles. The zero-order valence-corrected chi connectivity index (χ0v) is 19.0. The van der Waals surface area contributed by atoms with Gasteiger partial charge in [-0.05, 0) is 37.0 Å². The average Bonchev–Trinajstić information content (AvgIpc) is 3.48. The number of carbonyl (C=O) groups is 2. The second-order valence-electron chi connectivity index (χ2n) is 8.63. The van der Waals surface area contributed by atoms with E-state index in [-0.39, 0.29) is 35.4 Å². The highest BCUT2D eigenvalue weighted by Gasteiger charge is 2.37. The molecule has 1 aromatic heterocycles. The molecule has 1 saturated heterocycles. The predicted molar refractivity (Wildman–Crippen MR) is 119 cm³/mol. The van der Waals surface area contributed by atoms with Gasteiger partial charge >= 0.3 is 0 Å². The summed E-state index contributed by atoms with van der Waals surface area (Å²) in [6, 6.07) is 6.23. The maximum Gasteiger partial charge on any atom is 0.268 e. The van der Waals surface area contributed by atoms with Crippen molar-refractivity contribution in [3.05, 3.63) is 47.4 Å². The minimum absolute atomic E-state index is 0.0410. The molecule has 0 N–H and O–H groups in total. The molecule has 0 spiro atoms. The standard InChI is InChI=1S/C23H24FN3O5S/c1-33(30)13-26-11-18-17(22(26)28)8-15(9-19(18)24)27-7-6-20(23(27)29)32-16-4-5-21(25-10-16)31-12-14-2-3-14/h4-5,8-10,14,20H,2-3,6-7,11-13H2,1H3/t20-,33?/m1/s1. The van der Waals surface area contributed by atoms with Gasteiger partial charge in [-0.2, -0.15) is 0 Å². The Morgan fingerprint density at radius 2 is 2.03 bits per heavy atom. The van der Waals surface area contributed by atoms with Crippen molar-refractivity contribution in [3.8, 4) is 11.6 Å². The van der Waals surface area contributed by atoms with Gasteiger partial charge in [-0.1, -0.05) is 0 Å². The highest BCUT2D eigenvalue weighted by molar-refractivity contribution is 7.84. The Bertz CT molecular complexity index is 1120. The second kappa shape index (κ2) is 8.74. The monoisotopic (exact) mass is 473 g/mol. The molecule has 1 unspecified atom stereocenters. The lowest BCUT2D eigenvalue weighted by molar-refractivity contribution is -0.122. The molecule has 2 atom stereocenters. The van der Waals surface area contributed by atoms with Crippen LogP contribution < -0.4 is 14.4 Å². The molecule has 33 heavy (non-hydrogen) atoms. The van der Waals surface area contributed by atoms with Gasteiger partial charge < -0.3 is 19.3 Å². The molecule has 0 radical (unpaired) electrons. The van der Waals surface area contributed by atoms with E-state index in [1.165, 1.54) is 47.2 Å². The van der Waals surface area contributed by atoms with Crippen LogP contribution in [0.25, 0.3) is 0 Å². The van der Waals surface area contributed by atoms with Crippen LogP contribution in [-0.4, -0.2) is 57.3 Å². The normalized spacial score (nSPS) is 20.8. The zero-order chi connectivity index (χ0) is 23.1. The van der Waals surface area contributed by atoms with Crippen LogP contribution >= 0.6 is 0 Å². The molecule has 8 nitrogen and oxygen atoms in total. The van der Waals surface area contributed by atoms with Crippen molar-refractivity contribution in [1.82, 2.24) is 9.88 Å². The third-order valence-electron chi connectivity index (χ3n) is 6.00. The van der Waals surface area contributed by atoms with E-state index < -0.39 is 22.7 Å². The van der Waals surface area contributed by atoms with Gasteiger partial charge in [0.05, 0.1) is 25.2 Å². The third-order valence-corrected chi connectivity index (χ3v) is 6.68. The number of hydrogen-bond donors (Lipinski definition) is 0. The predicted octanol–water partition coefficient (Wildman–Crippen LogP) is 2.49. The number of ether oxygens (including phenoxy) is 2. The molecule has 0 bridgehead atoms. The van der Waals surface area contributed by atoms with E-state index in [1.807, 2.05) is 0 Å². The number of nitrogens with zero attached hydrogens (tertiary/aromatic N) is 3. The van der Waals surface area contributed by atoms with E-state index in [0.29, 0.717) is 42.8 Å². The minimum atomic E-state index is -1.22. The Kier molecular flexibility index (Phi) is 5.77. The number of aromatic nitrogens is 1. The minimum Gasteiger partial charge on any atom is -0.479 e. The van der Waals surface area contributed by atoms with Gasteiger partial charge in [0.25, 0.3) is 11.8 Å². The SMILES string of the molecule is CS(=O)CN1Cc2c(F)cc(N3CC[C@@H](Oc4ccc(OCC5CC5)nc4)C3=O)cc2C1=O. The molecule has 1 saturated carbocycles. The van der Waals surface area contributed by atoms with Gasteiger partial charge in [-0.15, -0.1) is 0 Å². The summed E-state index contributed by atoms with van der Waals surface area (Å²) in [5.41, 5.74) is 0.791. The second-order valence-corrected chi connectivity index (χ2v) is 10.0. The maximum absolute atomic E-state index is 14.8. The topological polar surface area (TPSA) is 89.0 Å². The Hall–Kier alpha value is -3.01. The van der Waals surface area contributed by atoms with Crippen molar-refractivity contribution in [3.63, 3.8) is 0 Å². The fourth-order valence-corrected chi connectivity index (χ4v) is 4.73. The first kappa shape index (κ1) is 21.8. The van der Waals surface area contributed by atoms with E-state index in [0.717, 1.165) is 0 Å². The van der Waals surface area contributed by atoms with E-state index in [2.05, 4.69) is 4.98 Å². The largest absolute Gasteiger partial charge is 0.479 e. The Morgan fingerprint density at radius 1 is 1.21 bits per heavy atom.